The molecule has 1 heterocycles. The third-order valence-electron chi connectivity index (χ3n) is 4.60. The number of benzene rings is 3. The maximum absolute atomic E-state index is 9.66. The van der Waals surface area contributed by atoms with E-state index in [1.165, 1.54) is 5.56 Å². The number of halogens is 2. The molecule has 0 fully saturated rings. The van der Waals surface area contributed by atoms with Gasteiger partial charge in [0.1, 0.15) is 24.3 Å². The number of imidazole rings is 1. The van der Waals surface area contributed by atoms with E-state index in [4.69, 9.17) is 4.74 Å². The summed E-state index contributed by atoms with van der Waals surface area (Å²) in [5.74, 6) is 1.26. The minimum atomic E-state index is 0.457. The van der Waals surface area contributed by atoms with Crippen LogP contribution in [0.5, 0.6) is 5.75 Å². The normalized spacial score (nSPS) is 11.5. The predicted molar refractivity (Wildman–Crippen MR) is 127 cm³/mol. The summed E-state index contributed by atoms with van der Waals surface area (Å²) in [6, 6.07) is 22.0. The van der Waals surface area contributed by atoms with Crippen molar-refractivity contribution in [3.8, 4) is 11.8 Å². The molecular formula is C24H17Br2N3O. The Bertz CT molecular complexity index is 1230. The highest BCUT2D eigenvalue weighted by atomic mass is 79.9. The molecule has 0 saturated heterocycles. The Morgan fingerprint density at radius 1 is 1.10 bits per heavy atom. The standard InChI is InChI=1S/C24H17Br2N3O/c1-15-6-8-16(9-7-15)14-30-23-19(25)11-17(12-20(23)26)10-18(13-27)24-28-21-4-2-3-5-22(21)29-24/h2-12H,14H2,1H3,(H,28,29)/b18-10+. The Balaban J connectivity index is 1.59. The average molecular weight is 523 g/mol. The van der Waals surface area contributed by atoms with Gasteiger partial charge in [-0.2, -0.15) is 5.26 Å². The van der Waals surface area contributed by atoms with Crippen molar-refractivity contribution in [2.24, 2.45) is 0 Å². The van der Waals surface area contributed by atoms with Crippen LogP contribution in [-0.2, 0) is 6.61 Å². The Morgan fingerprint density at radius 2 is 1.80 bits per heavy atom. The van der Waals surface area contributed by atoms with Gasteiger partial charge in [0.2, 0.25) is 0 Å². The molecule has 4 rings (SSSR count). The van der Waals surface area contributed by atoms with Gasteiger partial charge in [-0.15, -0.1) is 0 Å². The maximum Gasteiger partial charge on any atom is 0.149 e. The molecule has 3 aromatic carbocycles. The summed E-state index contributed by atoms with van der Waals surface area (Å²) in [6.07, 6.45) is 1.80. The van der Waals surface area contributed by atoms with Gasteiger partial charge in [-0.25, -0.2) is 4.98 Å². The molecule has 4 aromatic rings. The van der Waals surface area contributed by atoms with Crippen LogP contribution in [0.4, 0.5) is 0 Å². The van der Waals surface area contributed by atoms with Gasteiger partial charge in [-0.1, -0.05) is 42.0 Å². The SMILES string of the molecule is Cc1ccc(COc2c(Br)cc(/C=C(\C#N)c3nc4ccccc4[nH]3)cc2Br)cc1. The third-order valence-corrected chi connectivity index (χ3v) is 5.78. The molecule has 0 saturated carbocycles. The number of H-pyrrole nitrogens is 1. The fourth-order valence-electron chi connectivity index (χ4n) is 3.04. The number of hydrogen-bond acceptors (Lipinski definition) is 3. The zero-order valence-electron chi connectivity index (χ0n) is 16.1. The molecule has 148 valence electrons. The molecule has 0 atom stereocenters. The summed E-state index contributed by atoms with van der Waals surface area (Å²) >= 11 is 7.18. The van der Waals surface area contributed by atoms with E-state index in [9.17, 15) is 5.26 Å². The number of allylic oxidation sites excluding steroid dienone is 1. The van der Waals surface area contributed by atoms with Crippen molar-refractivity contribution in [3.05, 3.63) is 92.1 Å². The largest absolute Gasteiger partial charge is 0.487 e. The predicted octanol–water partition coefficient (Wildman–Crippen LogP) is 7.04. The Hall–Kier alpha value is -2.88. The third kappa shape index (κ3) is 4.48. The number of nitriles is 1. The van der Waals surface area contributed by atoms with Crippen LogP contribution in [0.25, 0.3) is 22.7 Å². The van der Waals surface area contributed by atoms with Gasteiger partial charge in [-0.05, 0) is 80.3 Å². The summed E-state index contributed by atoms with van der Waals surface area (Å²) in [5.41, 5.74) is 5.36. The highest BCUT2D eigenvalue weighted by Gasteiger charge is 2.12. The summed E-state index contributed by atoms with van der Waals surface area (Å²) in [5, 5.41) is 9.66. The van der Waals surface area contributed by atoms with E-state index in [0.717, 1.165) is 36.9 Å². The molecule has 0 aliphatic rings. The van der Waals surface area contributed by atoms with Gasteiger partial charge >= 0.3 is 0 Å². The number of ether oxygens (including phenoxy) is 1. The van der Waals surface area contributed by atoms with E-state index >= 15 is 0 Å². The van der Waals surface area contributed by atoms with Crippen LogP contribution in [-0.4, -0.2) is 9.97 Å². The molecule has 30 heavy (non-hydrogen) atoms. The smallest absolute Gasteiger partial charge is 0.149 e. The highest BCUT2D eigenvalue weighted by Crippen LogP contribution is 2.36. The van der Waals surface area contributed by atoms with Crippen LogP contribution in [0.1, 0.15) is 22.5 Å². The fraction of sp³-hybridized carbons (Fsp3) is 0.0833. The second-order valence-corrected chi connectivity index (χ2v) is 8.57. The van der Waals surface area contributed by atoms with Crippen molar-refractivity contribution < 1.29 is 4.74 Å². The number of rotatable bonds is 5. The minimum absolute atomic E-state index is 0.457. The number of aryl methyl sites for hydroxylation is 1. The summed E-state index contributed by atoms with van der Waals surface area (Å²) in [4.78, 5) is 7.72. The van der Waals surface area contributed by atoms with E-state index in [1.54, 1.807) is 6.08 Å². The van der Waals surface area contributed by atoms with Gasteiger partial charge in [0.15, 0.2) is 0 Å². The van der Waals surface area contributed by atoms with E-state index in [-0.39, 0.29) is 0 Å². The number of aromatic amines is 1. The number of nitrogens with one attached hydrogen (secondary N) is 1. The Labute approximate surface area is 191 Å². The van der Waals surface area contributed by atoms with Crippen LogP contribution in [0.15, 0.2) is 69.6 Å². The van der Waals surface area contributed by atoms with Crippen molar-refractivity contribution in [2.45, 2.75) is 13.5 Å². The van der Waals surface area contributed by atoms with Crippen molar-refractivity contribution in [1.82, 2.24) is 9.97 Å². The number of fused-ring (bicyclic) bond motifs is 1. The fourth-order valence-corrected chi connectivity index (χ4v) is 4.49. The molecule has 0 bridgehead atoms. The Kier molecular flexibility index (Phi) is 6.03. The quantitative estimate of drug-likeness (QED) is 0.286. The molecule has 0 unspecified atom stereocenters. The molecule has 0 aliphatic heterocycles. The minimum Gasteiger partial charge on any atom is -0.487 e. The van der Waals surface area contributed by atoms with Crippen LogP contribution in [0.2, 0.25) is 0 Å². The monoisotopic (exact) mass is 521 g/mol. The lowest BCUT2D eigenvalue weighted by Crippen LogP contribution is -1.97. The average Bonchev–Trinajstić information content (AvgIpc) is 3.16. The second-order valence-electron chi connectivity index (χ2n) is 6.86. The first-order valence-corrected chi connectivity index (χ1v) is 10.9. The van der Waals surface area contributed by atoms with Crippen LogP contribution in [0, 0.1) is 18.3 Å². The molecule has 1 aromatic heterocycles. The van der Waals surface area contributed by atoms with Gasteiger partial charge in [-0.3, -0.25) is 0 Å². The molecular weight excluding hydrogens is 506 g/mol. The van der Waals surface area contributed by atoms with Gasteiger partial charge in [0, 0.05) is 0 Å². The highest BCUT2D eigenvalue weighted by molar-refractivity contribution is 9.11. The van der Waals surface area contributed by atoms with Crippen molar-refractivity contribution in [3.63, 3.8) is 0 Å². The van der Waals surface area contributed by atoms with Crippen molar-refractivity contribution in [2.75, 3.05) is 0 Å². The molecule has 0 spiro atoms. The molecule has 0 amide bonds. The van der Waals surface area contributed by atoms with Crippen LogP contribution < -0.4 is 4.74 Å². The first kappa shape index (κ1) is 20.4. The molecule has 1 N–H and O–H groups in total. The Morgan fingerprint density at radius 3 is 2.47 bits per heavy atom. The lowest BCUT2D eigenvalue weighted by atomic mass is 10.1. The lowest BCUT2D eigenvalue weighted by Gasteiger charge is -2.12. The number of hydrogen-bond donors (Lipinski definition) is 1. The summed E-state index contributed by atoms with van der Waals surface area (Å²) in [7, 11) is 0. The van der Waals surface area contributed by atoms with E-state index < -0.39 is 0 Å². The summed E-state index contributed by atoms with van der Waals surface area (Å²) in [6.45, 7) is 2.53. The van der Waals surface area contributed by atoms with E-state index in [2.05, 4.69) is 79.1 Å². The first-order chi connectivity index (χ1) is 14.5. The zero-order chi connectivity index (χ0) is 21.1. The molecule has 0 aliphatic carbocycles. The number of aromatic nitrogens is 2. The molecule has 6 heteroatoms. The summed E-state index contributed by atoms with van der Waals surface area (Å²) < 4.78 is 7.61. The topological polar surface area (TPSA) is 61.7 Å². The van der Waals surface area contributed by atoms with Crippen molar-refractivity contribution >= 4 is 54.5 Å². The molecule has 0 radical (unpaired) electrons. The number of para-hydroxylation sites is 2. The van der Waals surface area contributed by atoms with Gasteiger partial charge < -0.3 is 9.72 Å². The van der Waals surface area contributed by atoms with E-state index in [1.807, 2.05) is 36.4 Å². The van der Waals surface area contributed by atoms with E-state index in [0.29, 0.717) is 18.0 Å². The lowest BCUT2D eigenvalue weighted by molar-refractivity contribution is 0.302. The van der Waals surface area contributed by atoms with Crippen LogP contribution in [0.3, 0.4) is 0 Å². The van der Waals surface area contributed by atoms with Crippen molar-refractivity contribution in [1.29, 1.82) is 5.26 Å². The van der Waals surface area contributed by atoms with Gasteiger partial charge in [0.05, 0.1) is 25.6 Å². The number of nitrogens with zero attached hydrogens (tertiary/aromatic N) is 2. The van der Waals surface area contributed by atoms with Crippen LogP contribution >= 0.6 is 31.9 Å². The maximum atomic E-state index is 9.66. The zero-order valence-corrected chi connectivity index (χ0v) is 19.3. The first-order valence-electron chi connectivity index (χ1n) is 9.28. The van der Waals surface area contributed by atoms with Gasteiger partial charge in [0.25, 0.3) is 0 Å². The second kappa shape index (κ2) is 8.86. The molecule has 4 nitrogen and oxygen atoms in total.